The fraction of sp³-hybridized carbons (Fsp3) is 0.300. The number of hydrogen-bond donors (Lipinski definition) is 2. The van der Waals surface area contributed by atoms with Crippen LogP contribution in [0.3, 0.4) is 0 Å². The smallest absolute Gasteiger partial charge is 0.132 e. The van der Waals surface area contributed by atoms with Crippen molar-refractivity contribution in [3.63, 3.8) is 0 Å². The van der Waals surface area contributed by atoms with E-state index in [2.05, 4.69) is 55.2 Å². The molecule has 1 saturated heterocycles. The van der Waals surface area contributed by atoms with Gasteiger partial charge in [-0.05, 0) is 32.0 Å². The Kier molecular flexibility index (Phi) is 4.05. The van der Waals surface area contributed by atoms with Crippen molar-refractivity contribution in [3.8, 4) is 22.6 Å². The molecule has 1 aromatic carbocycles. The lowest BCUT2D eigenvalue weighted by atomic mass is 10.1. The van der Waals surface area contributed by atoms with Crippen LogP contribution in [-0.4, -0.2) is 55.7 Å². The normalized spacial score (nSPS) is 20.0. The van der Waals surface area contributed by atoms with Crippen molar-refractivity contribution >= 4 is 16.7 Å². The second-order valence-corrected chi connectivity index (χ2v) is 7.23. The van der Waals surface area contributed by atoms with Crippen molar-refractivity contribution in [3.05, 3.63) is 42.9 Å². The zero-order valence-electron chi connectivity index (χ0n) is 15.8. The van der Waals surface area contributed by atoms with Gasteiger partial charge in [-0.3, -0.25) is 10.2 Å². The van der Waals surface area contributed by atoms with Gasteiger partial charge in [-0.1, -0.05) is 6.07 Å². The van der Waals surface area contributed by atoms with Gasteiger partial charge in [0.15, 0.2) is 0 Å². The number of aromatic amines is 2. The number of ether oxygens (including phenoxy) is 1. The SMILES string of the molecule is CC1CN(c2cc(-c3n[nH]c4ccc(-c5ccn[nH]5)cc34)ncn2)CC(C)O1. The number of anilines is 1. The van der Waals surface area contributed by atoms with Crippen LogP contribution in [0.2, 0.25) is 0 Å². The fourth-order valence-corrected chi connectivity index (χ4v) is 3.81. The Labute approximate surface area is 162 Å². The van der Waals surface area contributed by atoms with Crippen molar-refractivity contribution < 1.29 is 4.74 Å². The van der Waals surface area contributed by atoms with Crippen molar-refractivity contribution in [1.29, 1.82) is 0 Å². The fourth-order valence-electron chi connectivity index (χ4n) is 3.81. The first-order valence-electron chi connectivity index (χ1n) is 9.38. The zero-order chi connectivity index (χ0) is 19.1. The second kappa shape index (κ2) is 6.72. The summed E-state index contributed by atoms with van der Waals surface area (Å²) in [5.41, 5.74) is 4.60. The Morgan fingerprint density at radius 2 is 1.89 bits per heavy atom. The van der Waals surface area contributed by atoms with E-state index in [0.29, 0.717) is 0 Å². The molecule has 8 heteroatoms. The lowest BCUT2D eigenvalue weighted by Crippen LogP contribution is -2.45. The van der Waals surface area contributed by atoms with Crippen LogP contribution in [0, 0.1) is 0 Å². The van der Waals surface area contributed by atoms with Crippen LogP contribution in [0.15, 0.2) is 42.9 Å². The van der Waals surface area contributed by atoms with Crippen molar-refractivity contribution in [2.75, 3.05) is 18.0 Å². The van der Waals surface area contributed by atoms with Crippen LogP contribution in [0.5, 0.6) is 0 Å². The highest BCUT2D eigenvalue weighted by Gasteiger charge is 2.24. The summed E-state index contributed by atoms with van der Waals surface area (Å²) in [5, 5.41) is 15.7. The van der Waals surface area contributed by atoms with E-state index in [0.717, 1.165) is 52.5 Å². The summed E-state index contributed by atoms with van der Waals surface area (Å²) in [4.78, 5) is 11.2. The van der Waals surface area contributed by atoms with Gasteiger partial charge in [0.05, 0.1) is 29.1 Å². The molecule has 0 bridgehead atoms. The number of fused-ring (bicyclic) bond motifs is 1. The number of rotatable bonds is 3. The summed E-state index contributed by atoms with van der Waals surface area (Å²) in [6, 6.07) is 10.1. The van der Waals surface area contributed by atoms with Gasteiger partial charge < -0.3 is 9.64 Å². The molecule has 2 N–H and O–H groups in total. The minimum absolute atomic E-state index is 0.172. The Hall–Kier alpha value is -3.26. The maximum absolute atomic E-state index is 5.84. The number of H-pyrrole nitrogens is 2. The van der Waals surface area contributed by atoms with Crippen LogP contribution in [0.4, 0.5) is 5.82 Å². The molecule has 2 atom stereocenters. The first-order chi connectivity index (χ1) is 13.7. The predicted molar refractivity (Wildman–Crippen MR) is 107 cm³/mol. The van der Waals surface area contributed by atoms with Gasteiger partial charge in [0.1, 0.15) is 17.8 Å². The first kappa shape index (κ1) is 16.9. The molecule has 142 valence electrons. The quantitative estimate of drug-likeness (QED) is 0.571. The average molecular weight is 375 g/mol. The molecule has 1 aliphatic rings. The van der Waals surface area contributed by atoms with Crippen LogP contribution >= 0.6 is 0 Å². The number of benzene rings is 1. The van der Waals surface area contributed by atoms with Crippen LogP contribution in [0.25, 0.3) is 33.5 Å². The summed E-state index contributed by atoms with van der Waals surface area (Å²) in [6.07, 6.45) is 3.70. The highest BCUT2D eigenvalue weighted by atomic mass is 16.5. The lowest BCUT2D eigenvalue weighted by molar-refractivity contribution is -0.00546. The summed E-state index contributed by atoms with van der Waals surface area (Å²) >= 11 is 0. The zero-order valence-corrected chi connectivity index (χ0v) is 15.8. The molecule has 0 radical (unpaired) electrons. The number of hydrogen-bond acceptors (Lipinski definition) is 6. The molecule has 4 heterocycles. The molecule has 3 aromatic heterocycles. The van der Waals surface area contributed by atoms with Crippen LogP contribution in [-0.2, 0) is 4.74 Å². The molecule has 0 spiro atoms. The van der Waals surface area contributed by atoms with E-state index in [9.17, 15) is 0 Å². The van der Waals surface area contributed by atoms with Gasteiger partial charge in [0.2, 0.25) is 0 Å². The Morgan fingerprint density at radius 3 is 2.68 bits per heavy atom. The largest absolute Gasteiger partial charge is 0.372 e. The van der Waals surface area contributed by atoms with Gasteiger partial charge in [0.25, 0.3) is 0 Å². The molecule has 0 saturated carbocycles. The Morgan fingerprint density at radius 1 is 1.04 bits per heavy atom. The molecule has 8 nitrogen and oxygen atoms in total. The van der Waals surface area contributed by atoms with E-state index < -0.39 is 0 Å². The topological polar surface area (TPSA) is 95.6 Å². The molecule has 28 heavy (non-hydrogen) atoms. The summed E-state index contributed by atoms with van der Waals surface area (Å²) in [5.74, 6) is 0.896. The number of nitrogens with zero attached hydrogens (tertiary/aromatic N) is 5. The van der Waals surface area contributed by atoms with E-state index in [-0.39, 0.29) is 12.2 Å². The minimum atomic E-state index is 0.172. The highest BCUT2D eigenvalue weighted by Crippen LogP contribution is 2.30. The monoisotopic (exact) mass is 375 g/mol. The van der Waals surface area contributed by atoms with Crippen LogP contribution < -0.4 is 4.90 Å². The molecular formula is C20H21N7O. The number of nitrogens with one attached hydrogen (secondary N) is 2. The van der Waals surface area contributed by atoms with E-state index in [1.807, 2.05) is 24.3 Å². The van der Waals surface area contributed by atoms with Crippen LogP contribution in [0.1, 0.15) is 13.8 Å². The molecular weight excluding hydrogens is 354 g/mol. The third-order valence-electron chi connectivity index (χ3n) is 5.01. The molecule has 4 aromatic rings. The molecule has 1 aliphatic heterocycles. The molecule has 2 unspecified atom stereocenters. The summed E-state index contributed by atoms with van der Waals surface area (Å²) < 4.78 is 5.84. The lowest BCUT2D eigenvalue weighted by Gasteiger charge is -2.36. The third kappa shape index (κ3) is 3.01. The molecule has 5 rings (SSSR count). The molecule has 0 amide bonds. The van der Waals surface area contributed by atoms with E-state index in [1.165, 1.54) is 0 Å². The average Bonchev–Trinajstić information content (AvgIpc) is 3.37. The van der Waals surface area contributed by atoms with Gasteiger partial charge in [-0.2, -0.15) is 10.2 Å². The van der Waals surface area contributed by atoms with Gasteiger partial charge in [0, 0.05) is 36.3 Å². The summed E-state index contributed by atoms with van der Waals surface area (Å²) in [7, 11) is 0. The summed E-state index contributed by atoms with van der Waals surface area (Å²) in [6.45, 7) is 5.80. The van der Waals surface area contributed by atoms with Gasteiger partial charge >= 0.3 is 0 Å². The Bertz CT molecular complexity index is 1090. The highest BCUT2D eigenvalue weighted by molar-refractivity contribution is 5.94. The third-order valence-corrected chi connectivity index (χ3v) is 5.01. The second-order valence-electron chi connectivity index (χ2n) is 7.23. The van der Waals surface area contributed by atoms with Crippen molar-refractivity contribution in [1.82, 2.24) is 30.4 Å². The maximum Gasteiger partial charge on any atom is 0.132 e. The Balaban J connectivity index is 1.54. The van der Waals surface area contributed by atoms with E-state index >= 15 is 0 Å². The predicted octanol–water partition coefficient (Wildman–Crippen LogP) is 3.02. The maximum atomic E-state index is 5.84. The van der Waals surface area contributed by atoms with E-state index in [1.54, 1.807) is 12.5 Å². The van der Waals surface area contributed by atoms with E-state index in [4.69, 9.17) is 4.74 Å². The first-order valence-corrected chi connectivity index (χ1v) is 9.38. The van der Waals surface area contributed by atoms with Crippen molar-refractivity contribution in [2.24, 2.45) is 0 Å². The minimum Gasteiger partial charge on any atom is -0.372 e. The van der Waals surface area contributed by atoms with Crippen molar-refractivity contribution in [2.45, 2.75) is 26.1 Å². The molecule has 0 aliphatic carbocycles. The van der Waals surface area contributed by atoms with Gasteiger partial charge in [-0.25, -0.2) is 9.97 Å². The number of morpholine rings is 1. The standard InChI is InChI=1S/C20H21N7O/c1-12-9-27(10-13(2)28-12)19-8-18(21-11-22-19)20-15-7-14(16-5-6-23-24-16)3-4-17(15)25-26-20/h3-8,11-13H,9-10H2,1-2H3,(H,23,24)(H,25,26). The number of aromatic nitrogens is 6. The van der Waals surface area contributed by atoms with Gasteiger partial charge in [-0.15, -0.1) is 0 Å². The molecule has 1 fully saturated rings.